The quantitative estimate of drug-likeness (QED) is 0.457. The van der Waals surface area contributed by atoms with E-state index in [1.807, 2.05) is 23.6 Å². The van der Waals surface area contributed by atoms with Crippen molar-refractivity contribution in [3.63, 3.8) is 0 Å². The summed E-state index contributed by atoms with van der Waals surface area (Å²) < 4.78 is 1.77. The van der Waals surface area contributed by atoms with Gasteiger partial charge in [0.2, 0.25) is 0 Å². The Kier molecular flexibility index (Phi) is 5.28. The molecule has 29 heavy (non-hydrogen) atoms. The molecule has 4 aromatic rings. The minimum absolute atomic E-state index is 0.0161. The predicted octanol–water partition coefficient (Wildman–Crippen LogP) is 5.31. The molecule has 144 valence electrons. The number of nitriles is 1. The first-order chi connectivity index (χ1) is 14.1. The van der Waals surface area contributed by atoms with Crippen molar-refractivity contribution in [1.29, 1.82) is 5.26 Å². The van der Waals surface area contributed by atoms with E-state index in [9.17, 15) is 10.1 Å². The van der Waals surface area contributed by atoms with Crippen LogP contribution < -0.4 is 5.56 Å². The third-order valence-electron chi connectivity index (χ3n) is 5.01. The van der Waals surface area contributed by atoms with Crippen LogP contribution in [-0.4, -0.2) is 9.55 Å². The average molecular weight is 400 g/mol. The molecule has 0 unspecified atom stereocenters. The molecule has 0 atom stereocenters. The van der Waals surface area contributed by atoms with Gasteiger partial charge in [-0.3, -0.25) is 9.36 Å². The van der Waals surface area contributed by atoms with Gasteiger partial charge in [0.15, 0.2) is 0 Å². The number of thiophene rings is 1. The van der Waals surface area contributed by atoms with Gasteiger partial charge in [-0.1, -0.05) is 48.9 Å². The van der Waals surface area contributed by atoms with Crippen LogP contribution in [0.2, 0.25) is 0 Å². The summed E-state index contributed by atoms with van der Waals surface area (Å²) in [5, 5.41) is 11.9. The van der Waals surface area contributed by atoms with Crippen molar-refractivity contribution in [3.8, 4) is 17.2 Å². The zero-order valence-corrected chi connectivity index (χ0v) is 17.3. The van der Waals surface area contributed by atoms with E-state index in [4.69, 9.17) is 4.98 Å². The van der Waals surface area contributed by atoms with Crippen LogP contribution >= 0.6 is 11.3 Å². The van der Waals surface area contributed by atoms with Gasteiger partial charge < -0.3 is 0 Å². The van der Waals surface area contributed by atoms with Gasteiger partial charge in [-0.2, -0.15) is 5.26 Å². The van der Waals surface area contributed by atoms with E-state index >= 15 is 0 Å². The van der Waals surface area contributed by atoms with Crippen LogP contribution in [0.3, 0.4) is 0 Å². The van der Waals surface area contributed by atoms with Gasteiger partial charge in [-0.25, -0.2) is 4.98 Å². The van der Waals surface area contributed by atoms with Crippen LogP contribution in [0.4, 0.5) is 0 Å². The van der Waals surface area contributed by atoms with Gasteiger partial charge >= 0.3 is 0 Å². The molecule has 5 heteroatoms. The second kappa shape index (κ2) is 8.02. The number of nitrogens with zero attached hydrogens (tertiary/aromatic N) is 3. The van der Waals surface area contributed by atoms with Crippen molar-refractivity contribution in [2.75, 3.05) is 0 Å². The molecule has 0 aliphatic carbocycles. The number of fused-ring (bicyclic) bond motifs is 1. The molecule has 0 saturated carbocycles. The lowest BCUT2D eigenvalue weighted by atomic mass is 10.0. The third-order valence-corrected chi connectivity index (χ3v) is 5.88. The highest BCUT2D eigenvalue weighted by Gasteiger charge is 2.17. The van der Waals surface area contributed by atoms with Gasteiger partial charge in [-0.15, -0.1) is 11.3 Å². The molecule has 0 aliphatic heterocycles. The molecule has 2 heterocycles. The third kappa shape index (κ3) is 3.72. The summed E-state index contributed by atoms with van der Waals surface area (Å²) in [6.07, 6.45) is 1.65. The van der Waals surface area contributed by atoms with E-state index in [2.05, 4.69) is 44.2 Å². The molecular weight excluding hydrogens is 378 g/mol. The molecule has 2 aromatic carbocycles. The molecule has 0 aliphatic rings. The van der Waals surface area contributed by atoms with Crippen molar-refractivity contribution >= 4 is 21.6 Å². The number of hydrogen-bond acceptors (Lipinski definition) is 4. The lowest BCUT2D eigenvalue weighted by Crippen LogP contribution is -2.25. The second-order valence-corrected chi connectivity index (χ2v) is 8.04. The van der Waals surface area contributed by atoms with Gasteiger partial charge in [0.05, 0.1) is 23.6 Å². The Bertz CT molecular complexity index is 1280. The molecule has 0 spiro atoms. The van der Waals surface area contributed by atoms with Crippen LogP contribution in [0.15, 0.2) is 58.7 Å². The first-order valence-corrected chi connectivity index (χ1v) is 10.6. The summed E-state index contributed by atoms with van der Waals surface area (Å²) in [5.74, 6) is 0.796. The molecule has 4 rings (SSSR count). The monoisotopic (exact) mass is 399 g/mol. The Hall–Kier alpha value is -3.23. The zero-order chi connectivity index (χ0) is 20.4. The maximum absolute atomic E-state index is 13.6. The molecule has 0 N–H and O–H groups in total. The average Bonchev–Trinajstić information content (AvgIpc) is 3.16. The van der Waals surface area contributed by atoms with Crippen molar-refractivity contribution in [3.05, 3.63) is 86.8 Å². The molecule has 0 fully saturated rings. The topological polar surface area (TPSA) is 58.7 Å². The number of aryl methyl sites for hydroxylation is 2. The summed E-state index contributed by atoms with van der Waals surface area (Å²) in [7, 11) is 0. The molecule has 2 aromatic heterocycles. The summed E-state index contributed by atoms with van der Waals surface area (Å²) >= 11 is 1.52. The molecule has 0 saturated heterocycles. The van der Waals surface area contributed by atoms with Crippen LogP contribution in [0, 0.1) is 18.3 Å². The Morgan fingerprint density at radius 2 is 1.97 bits per heavy atom. The first-order valence-electron chi connectivity index (χ1n) is 9.67. The number of rotatable bonds is 5. The van der Waals surface area contributed by atoms with Crippen molar-refractivity contribution in [2.24, 2.45) is 0 Å². The van der Waals surface area contributed by atoms with Crippen LogP contribution in [0.25, 0.3) is 21.3 Å². The highest BCUT2D eigenvalue weighted by molar-refractivity contribution is 7.17. The second-order valence-electron chi connectivity index (χ2n) is 7.18. The fraction of sp³-hybridized carbons (Fsp3) is 0.208. The number of aromatic nitrogens is 2. The normalized spacial score (nSPS) is 10.9. The fourth-order valence-corrected chi connectivity index (χ4v) is 4.47. The van der Waals surface area contributed by atoms with Crippen LogP contribution in [0.5, 0.6) is 0 Å². The van der Waals surface area contributed by atoms with E-state index < -0.39 is 0 Å². The van der Waals surface area contributed by atoms with E-state index in [1.165, 1.54) is 16.9 Å². The van der Waals surface area contributed by atoms with Crippen molar-refractivity contribution < 1.29 is 0 Å². The van der Waals surface area contributed by atoms with Gasteiger partial charge in [0.25, 0.3) is 5.56 Å². The van der Waals surface area contributed by atoms with Gasteiger partial charge in [0, 0.05) is 17.4 Å². The lowest BCUT2D eigenvalue weighted by molar-refractivity contribution is 0.666. The Balaban J connectivity index is 1.89. The molecule has 4 nitrogen and oxygen atoms in total. The van der Waals surface area contributed by atoms with E-state index in [0.717, 1.165) is 40.2 Å². The molecule has 0 bridgehead atoms. The predicted molar refractivity (Wildman–Crippen MR) is 118 cm³/mol. The highest BCUT2D eigenvalue weighted by atomic mass is 32.1. The van der Waals surface area contributed by atoms with Crippen LogP contribution in [0.1, 0.15) is 35.9 Å². The first kappa shape index (κ1) is 19.1. The molecule has 0 radical (unpaired) electrons. The summed E-state index contributed by atoms with van der Waals surface area (Å²) in [6, 6.07) is 17.8. The fourth-order valence-electron chi connectivity index (χ4n) is 3.51. The van der Waals surface area contributed by atoms with Gasteiger partial charge in [-0.05, 0) is 36.6 Å². The van der Waals surface area contributed by atoms with Crippen LogP contribution in [-0.2, 0) is 13.0 Å². The minimum Gasteiger partial charge on any atom is -0.292 e. The largest absolute Gasteiger partial charge is 0.292 e. The maximum Gasteiger partial charge on any atom is 0.263 e. The Morgan fingerprint density at radius 1 is 1.17 bits per heavy atom. The van der Waals surface area contributed by atoms with E-state index in [1.54, 1.807) is 10.6 Å². The summed E-state index contributed by atoms with van der Waals surface area (Å²) in [4.78, 5) is 19.2. The van der Waals surface area contributed by atoms with Gasteiger partial charge in [0.1, 0.15) is 10.7 Å². The lowest BCUT2D eigenvalue weighted by Gasteiger charge is -2.13. The molecular formula is C24H21N3OS. The zero-order valence-electron chi connectivity index (χ0n) is 16.5. The van der Waals surface area contributed by atoms with Crippen molar-refractivity contribution in [1.82, 2.24) is 9.55 Å². The maximum atomic E-state index is 13.6. The SMILES string of the molecule is CCCc1nc2scc(-c3ccc(C)cc3)c2c(=O)n1Cc1cccc(C#N)c1. The summed E-state index contributed by atoms with van der Waals surface area (Å²) in [6.45, 7) is 4.55. The smallest absolute Gasteiger partial charge is 0.263 e. The summed E-state index contributed by atoms with van der Waals surface area (Å²) in [5.41, 5.74) is 4.66. The van der Waals surface area contributed by atoms with E-state index in [0.29, 0.717) is 17.5 Å². The van der Waals surface area contributed by atoms with E-state index in [-0.39, 0.29) is 5.56 Å². The standard InChI is InChI=1S/C24H21N3OS/c1-3-5-21-26-23-22(20(15-29-23)19-10-8-16(2)9-11-19)24(28)27(21)14-18-7-4-6-17(12-18)13-25/h4,6-12,15H,3,5,14H2,1-2H3. The number of hydrogen-bond donors (Lipinski definition) is 0. The van der Waals surface area contributed by atoms with Crippen molar-refractivity contribution in [2.45, 2.75) is 33.2 Å². The Morgan fingerprint density at radius 3 is 2.69 bits per heavy atom. The Labute approximate surface area is 173 Å². The number of benzene rings is 2. The minimum atomic E-state index is -0.0161. The highest BCUT2D eigenvalue weighted by Crippen LogP contribution is 2.31. The molecule has 0 amide bonds.